The van der Waals surface area contributed by atoms with Gasteiger partial charge in [0.2, 0.25) is 0 Å². The molecule has 4 aromatic heterocycles. The molecule has 0 amide bonds. The number of fused-ring (bicyclic) bond motifs is 14. The fraction of sp³-hybridized carbons (Fsp3) is 0.0794. The highest BCUT2D eigenvalue weighted by atomic mass is 15.0. The van der Waals surface area contributed by atoms with Crippen LogP contribution >= 0.6 is 0 Å². The molecule has 67 heavy (non-hydrogen) atoms. The molecule has 13 aromatic rings. The fourth-order valence-electron chi connectivity index (χ4n) is 10.8. The first-order valence-corrected chi connectivity index (χ1v) is 23.7. The first-order chi connectivity index (χ1) is 33.3. The van der Waals surface area contributed by atoms with Crippen molar-refractivity contribution < 1.29 is 0 Å². The second-order valence-electron chi connectivity index (χ2n) is 17.1. The Kier molecular flexibility index (Phi) is 9.95. The van der Waals surface area contributed by atoms with E-state index in [2.05, 4.69) is 250 Å². The number of allylic oxidation sites excluding steroid dienone is 4. The van der Waals surface area contributed by atoms with Gasteiger partial charge < -0.3 is 18.3 Å². The van der Waals surface area contributed by atoms with Crippen molar-refractivity contribution in [3.8, 4) is 17.1 Å². The molecule has 0 N–H and O–H groups in total. The van der Waals surface area contributed by atoms with Crippen molar-refractivity contribution >= 4 is 92.9 Å². The zero-order chi connectivity index (χ0) is 45.0. The fourth-order valence-corrected chi connectivity index (χ4v) is 10.8. The summed E-state index contributed by atoms with van der Waals surface area (Å²) in [6.07, 6.45) is 8.77. The Morgan fingerprint density at radius 3 is 1.37 bits per heavy atom. The quantitative estimate of drug-likeness (QED) is 0.136. The highest BCUT2D eigenvalue weighted by Gasteiger charge is 2.22. The number of hydrogen-bond acceptors (Lipinski definition) is 0. The lowest BCUT2D eigenvalue weighted by atomic mass is 10.1. The molecule has 0 radical (unpaired) electrons. The van der Waals surface area contributed by atoms with E-state index in [9.17, 15) is 0 Å². The third kappa shape index (κ3) is 6.28. The van der Waals surface area contributed by atoms with Crippen LogP contribution in [0.5, 0.6) is 0 Å². The van der Waals surface area contributed by atoms with Crippen molar-refractivity contribution in [2.75, 3.05) is 0 Å². The summed E-state index contributed by atoms with van der Waals surface area (Å²) in [6.45, 7) is 6.15. The molecule has 0 spiro atoms. The number of benzene rings is 9. The Balaban J connectivity index is 0.00000231. The number of aromatic nitrogens is 4. The van der Waals surface area contributed by atoms with Crippen molar-refractivity contribution in [1.82, 2.24) is 18.3 Å². The van der Waals surface area contributed by atoms with Crippen LogP contribution in [0, 0.1) is 0 Å². The van der Waals surface area contributed by atoms with Crippen molar-refractivity contribution in [2.45, 2.75) is 33.6 Å². The molecule has 0 bridgehead atoms. The maximum Gasteiger partial charge on any atom is 0.0641 e. The minimum absolute atomic E-state index is 0.926. The third-order valence-corrected chi connectivity index (χ3v) is 13.6. The molecule has 322 valence electrons. The Bertz CT molecular complexity index is 4040. The molecule has 0 aliphatic rings. The van der Waals surface area contributed by atoms with Crippen molar-refractivity contribution in [3.05, 3.63) is 230 Å². The van der Waals surface area contributed by atoms with Crippen molar-refractivity contribution in [2.24, 2.45) is 0 Å². The van der Waals surface area contributed by atoms with E-state index in [1.807, 2.05) is 13.8 Å². The lowest BCUT2D eigenvalue weighted by Crippen LogP contribution is -1.96. The number of aryl methyl sites for hydroxylation is 1. The summed E-state index contributed by atoms with van der Waals surface area (Å²) < 4.78 is 9.79. The molecule has 0 fully saturated rings. The van der Waals surface area contributed by atoms with Crippen LogP contribution in [-0.4, -0.2) is 18.3 Å². The van der Waals surface area contributed by atoms with Crippen molar-refractivity contribution in [1.29, 1.82) is 0 Å². The number of hydrogen-bond donors (Lipinski definition) is 0. The summed E-state index contributed by atoms with van der Waals surface area (Å²) >= 11 is 0. The zero-order valence-electron chi connectivity index (χ0n) is 38.1. The van der Waals surface area contributed by atoms with E-state index in [4.69, 9.17) is 0 Å². The average Bonchev–Trinajstić information content (AvgIpc) is 4.13. The Morgan fingerprint density at radius 1 is 0.373 bits per heavy atom. The van der Waals surface area contributed by atoms with Gasteiger partial charge in [0.05, 0.1) is 44.1 Å². The van der Waals surface area contributed by atoms with Crippen LogP contribution in [0.25, 0.3) is 110 Å². The van der Waals surface area contributed by atoms with Gasteiger partial charge in [0.1, 0.15) is 0 Å². The van der Waals surface area contributed by atoms with Gasteiger partial charge in [-0.3, -0.25) is 0 Å². The van der Waals surface area contributed by atoms with Gasteiger partial charge in [-0.1, -0.05) is 159 Å². The van der Waals surface area contributed by atoms with E-state index >= 15 is 0 Å². The summed E-state index contributed by atoms with van der Waals surface area (Å²) in [5, 5.41) is 10.1. The van der Waals surface area contributed by atoms with E-state index < -0.39 is 0 Å². The molecule has 0 saturated carbocycles. The van der Waals surface area contributed by atoms with E-state index in [-0.39, 0.29) is 0 Å². The second kappa shape index (κ2) is 16.6. The maximum atomic E-state index is 2.48. The standard InChI is InChI=1S/C61H44N4.C2H6/c1-2-42(62-54-31-17-13-27-50(54)58-56(62)39-37-48-46-25-11-15-29-52(46)64(60(48)58)44-23-7-4-8-24-44)20-10-9-19-41-33-35-45(36-34-41)65-53-30-16-12-26-47(53)49-38-40-57-59(61(49)65)51-28-14-18-32-55(51)63(57)43-21-5-3-6-22-43;1-2/h2-8,10-18,20-40H,9,19H2,1H3;1-2H3/b20-10-,42-2+;. The lowest BCUT2D eigenvalue weighted by molar-refractivity contribution is 0.997. The smallest absolute Gasteiger partial charge is 0.0641 e. The third-order valence-electron chi connectivity index (χ3n) is 13.6. The summed E-state index contributed by atoms with van der Waals surface area (Å²) in [5.41, 5.74) is 15.8. The van der Waals surface area contributed by atoms with Gasteiger partial charge in [0, 0.05) is 65.8 Å². The minimum Gasteiger partial charge on any atom is -0.310 e. The van der Waals surface area contributed by atoms with Crippen LogP contribution in [0.15, 0.2) is 224 Å². The predicted molar refractivity (Wildman–Crippen MR) is 288 cm³/mol. The Labute approximate surface area is 390 Å². The summed E-state index contributed by atoms with van der Waals surface area (Å²) in [7, 11) is 0. The summed E-state index contributed by atoms with van der Waals surface area (Å²) in [4.78, 5) is 0. The Morgan fingerprint density at radius 2 is 0.806 bits per heavy atom. The van der Waals surface area contributed by atoms with Crippen LogP contribution in [0.1, 0.15) is 32.8 Å². The number of rotatable bonds is 8. The van der Waals surface area contributed by atoms with Gasteiger partial charge in [-0.25, -0.2) is 0 Å². The monoisotopic (exact) mass is 862 g/mol. The molecule has 0 atom stereocenters. The molecular formula is C63H50N4. The molecule has 0 aliphatic heterocycles. The first-order valence-electron chi connectivity index (χ1n) is 23.7. The van der Waals surface area contributed by atoms with E-state index in [0.29, 0.717) is 0 Å². The predicted octanol–water partition coefficient (Wildman–Crippen LogP) is 17.2. The summed E-state index contributed by atoms with van der Waals surface area (Å²) in [5.74, 6) is 0. The second-order valence-corrected chi connectivity index (χ2v) is 17.1. The normalized spacial score (nSPS) is 12.3. The van der Waals surface area contributed by atoms with Gasteiger partial charge in [-0.2, -0.15) is 0 Å². The first kappa shape index (κ1) is 40.2. The van der Waals surface area contributed by atoms with Crippen LogP contribution in [0.2, 0.25) is 0 Å². The molecule has 13 rings (SSSR count). The molecular weight excluding hydrogens is 813 g/mol. The molecule has 0 unspecified atom stereocenters. The average molecular weight is 863 g/mol. The van der Waals surface area contributed by atoms with Crippen LogP contribution in [-0.2, 0) is 6.42 Å². The van der Waals surface area contributed by atoms with Gasteiger partial charge >= 0.3 is 0 Å². The highest BCUT2D eigenvalue weighted by molar-refractivity contribution is 6.27. The molecule has 4 heterocycles. The lowest BCUT2D eigenvalue weighted by Gasteiger charge is -2.11. The SMILES string of the molecule is C/C=C(\C=C/CCc1ccc(-n2c3ccccc3c3ccc4c(c5ccccc5n4-c4ccccc4)c32)cc1)n1c2ccccc2c2c1ccc1c3ccccc3n(-c3ccccc3)c12.CC. The molecule has 4 heteroatoms. The van der Waals surface area contributed by atoms with E-state index in [0.717, 1.165) is 12.8 Å². The van der Waals surface area contributed by atoms with E-state index in [1.54, 1.807) is 0 Å². The molecule has 9 aromatic carbocycles. The van der Waals surface area contributed by atoms with E-state index in [1.165, 1.54) is 116 Å². The largest absolute Gasteiger partial charge is 0.310 e. The topological polar surface area (TPSA) is 19.7 Å². The molecule has 0 saturated heterocycles. The molecule has 4 nitrogen and oxygen atoms in total. The van der Waals surface area contributed by atoms with Crippen LogP contribution < -0.4 is 0 Å². The maximum absolute atomic E-state index is 2.48. The minimum atomic E-state index is 0.926. The van der Waals surface area contributed by atoms with Crippen molar-refractivity contribution in [3.63, 3.8) is 0 Å². The summed E-state index contributed by atoms with van der Waals surface area (Å²) in [6, 6.07) is 75.4. The van der Waals surface area contributed by atoms with Gasteiger partial charge in [0.25, 0.3) is 0 Å². The molecule has 0 aliphatic carbocycles. The van der Waals surface area contributed by atoms with Crippen LogP contribution in [0.4, 0.5) is 0 Å². The highest BCUT2D eigenvalue weighted by Crippen LogP contribution is 2.44. The van der Waals surface area contributed by atoms with Gasteiger partial charge in [-0.05, 0) is 104 Å². The van der Waals surface area contributed by atoms with Crippen LogP contribution in [0.3, 0.4) is 0 Å². The zero-order valence-corrected chi connectivity index (χ0v) is 38.1. The Hall–Kier alpha value is -8.34. The number of para-hydroxylation sites is 6. The number of nitrogens with zero attached hydrogens (tertiary/aromatic N) is 4. The van der Waals surface area contributed by atoms with Gasteiger partial charge in [-0.15, -0.1) is 0 Å². The van der Waals surface area contributed by atoms with Gasteiger partial charge in [0.15, 0.2) is 0 Å².